The van der Waals surface area contributed by atoms with E-state index in [4.69, 9.17) is 9.72 Å². The van der Waals surface area contributed by atoms with Crippen LogP contribution in [0.3, 0.4) is 0 Å². The Hall–Kier alpha value is -4.40. The highest BCUT2D eigenvalue weighted by Gasteiger charge is 2.29. The number of carbonyl (C=O) groups is 1. The summed E-state index contributed by atoms with van der Waals surface area (Å²) in [6, 6.07) is 18.4. The average molecular weight is 505 g/mol. The zero-order valence-electron chi connectivity index (χ0n) is 20.0. The molecule has 2 heterocycles. The van der Waals surface area contributed by atoms with Crippen LogP contribution in [0.5, 0.6) is 11.6 Å². The van der Waals surface area contributed by atoms with Crippen molar-refractivity contribution >= 4 is 11.9 Å². The van der Waals surface area contributed by atoms with E-state index in [2.05, 4.69) is 4.98 Å². The van der Waals surface area contributed by atoms with Crippen LogP contribution in [0, 0.1) is 17.5 Å². The zero-order valence-corrected chi connectivity index (χ0v) is 20.0. The number of aromatic nitrogens is 2. The van der Waals surface area contributed by atoms with Crippen LogP contribution in [0.25, 0.3) is 0 Å². The van der Waals surface area contributed by atoms with E-state index >= 15 is 0 Å². The number of amides is 1. The minimum Gasteiger partial charge on any atom is -0.438 e. The molecule has 0 bridgehead atoms. The van der Waals surface area contributed by atoms with E-state index in [1.165, 1.54) is 23.1 Å². The van der Waals surface area contributed by atoms with Gasteiger partial charge in [-0.1, -0.05) is 36.4 Å². The van der Waals surface area contributed by atoms with Gasteiger partial charge in [0.05, 0.1) is 23.4 Å². The number of halogens is 3. The van der Waals surface area contributed by atoms with Crippen molar-refractivity contribution in [3.05, 3.63) is 113 Å². The van der Waals surface area contributed by atoms with Crippen molar-refractivity contribution in [2.45, 2.75) is 19.5 Å². The molecule has 4 aromatic rings. The molecular formula is C28H23F3N4O2. The fraction of sp³-hybridized carbons (Fsp3) is 0.179. The molecule has 6 nitrogen and oxygen atoms in total. The van der Waals surface area contributed by atoms with Gasteiger partial charge in [0.25, 0.3) is 5.91 Å². The number of carbonyl (C=O) groups excluding carboxylic acids is 1. The van der Waals surface area contributed by atoms with Gasteiger partial charge in [-0.05, 0) is 29.8 Å². The lowest BCUT2D eigenvalue weighted by Crippen LogP contribution is -2.37. The monoisotopic (exact) mass is 504 g/mol. The van der Waals surface area contributed by atoms with Gasteiger partial charge in [0.2, 0.25) is 11.8 Å². The van der Waals surface area contributed by atoms with Gasteiger partial charge in [0.1, 0.15) is 23.2 Å². The van der Waals surface area contributed by atoms with Crippen molar-refractivity contribution < 1.29 is 22.7 Å². The molecule has 0 N–H and O–H groups in total. The van der Waals surface area contributed by atoms with Crippen molar-refractivity contribution in [2.24, 2.45) is 0 Å². The molecule has 188 valence electrons. The number of hydrogen-bond acceptors (Lipinski definition) is 5. The van der Waals surface area contributed by atoms with Gasteiger partial charge in [0, 0.05) is 38.7 Å². The van der Waals surface area contributed by atoms with E-state index in [1.54, 1.807) is 6.07 Å². The summed E-state index contributed by atoms with van der Waals surface area (Å²) in [6.45, 7) is 0.882. The molecule has 0 spiro atoms. The Bertz CT molecular complexity index is 1450. The van der Waals surface area contributed by atoms with Crippen molar-refractivity contribution in [1.82, 2.24) is 14.9 Å². The summed E-state index contributed by atoms with van der Waals surface area (Å²) in [5.41, 5.74) is 2.07. The smallest absolute Gasteiger partial charge is 0.257 e. The summed E-state index contributed by atoms with van der Waals surface area (Å²) in [6.07, 6.45) is 0.373. The number of rotatable bonds is 6. The van der Waals surface area contributed by atoms with Crippen LogP contribution in [0.1, 0.15) is 27.2 Å². The number of anilines is 1. The van der Waals surface area contributed by atoms with E-state index < -0.39 is 23.4 Å². The third kappa shape index (κ3) is 5.40. The Labute approximate surface area is 212 Å². The summed E-state index contributed by atoms with van der Waals surface area (Å²) >= 11 is 0. The number of ether oxygens (including phenoxy) is 1. The second-order valence-corrected chi connectivity index (χ2v) is 8.76. The Morgan fingerprint density at radius 3 is 2.51 bits per heavy atom. The van der Waals surface area contributed by atoms with Gasteiger partial charge in [-0.25, -0.2) is 18.2 Å². The molecule has 3 aromatic carbocycles. The van der Waals surface area contributed by atoms with E-state index in [1.807, 2.05) is 42.3 Å². The highest BCUT2D eigenvalue weighted by Crippen LogP contribution is 2.32. The standard InChI is InChI=1S/C28H23F3N4O2/c1-34(16-18-6-3-2-4-7-18)28-32-25-12-13-35(27(36)22-11-10-20(30)15-24(22)31)17-23(25)26(33-28)37-21-9-5-8-19(29)14-21/h2-11,14-15H,12-13,16-17H2,1H3. The molecule has 0 radical (unpaired) electrons. The van der Waals surface area contributed by atoms with Crippen molar-refractivity contribution in [2.75, 3.05) is 18.5 Å². The molecule has 0 fully saturated rings. The largest absolute Gasteiger partial charge is 0.438 e. The van der Waals surface area contributed by atoms with Crippen molar-refractivity contribution in [1.29, 1.82) is 0 Å². The first-order chi connectivity index (χ1) is 17.9. The topological polar surface area (TPSA) is 58.6 Å². The lowest BCUT2D eigenvalue weighted by Gasteiger charge is -2.30. The molecule has 1 aliphatic rings. The Morgan fingerprint density at radius 2 is 1.76 bits per heavy atom. The molecule has 0 saturated heterocycles. The zero-order chi connectivity index (χ0) is 25.9. The number of benzene rings is 3. The van der Waals surface area contributed by atoms with Gasteiger partial charge in [0.15, 0.2) is 0 Å². The van der Waals surface area contributed by atoms with Crippen molar-refractivity contribution in [3.63, 3.8) is 0 Å². The average Bonchev–Trinajstić information content (AvgIpc) is 2.88. The number of hydrogen-bond donors (Lipinski definition) is 0. The maximum atomic E-state index is 14.3. The van der Waals surface area contributed by atoms with Crippen LogP contribution in [0.2, 0.25) is 0 Å². The lowest BCUT2D eigenvalue weighted by molar-refractivity contribution is 0.0727. The predicted molar refractivity (Wildman–Crippen MR) is 132 cm³/mol. The first kappa shape index (κ1) is 24.3. The molecule has 37 heavy (non-hydrogen) atoms. The SMILES string of the molecule is CN(Cc1ccccc1)c1nc2c(c(Oc3cccc(F)c3)n1)CN(C(=O)c1ccc(F)cc1F)CC2. The van der Waals surface area contributed by atoms with Crippen LogP contribution in [0.4, 0.5) is 19.1 Å². The fourth-order valence-corrected chi connectivity index (χ4v) is 4.20. The van der Waals surface area contributed by atoms with E-state index in [0.29, 0.717) is 36.2 Å². The highest BCUT2D eigenvalue weighted by molar-refractivity contribution is 5.94. The summed E-state index contributed by atoms with van der Waals surface area (Å²) in [5, 5.41) is 0. The lowest BCUT2D eigenvalue weighted by atomic mass is 10.0. The summed E-state index contributed by atoms with van der Waals surface area (Å²) in [7, 11) is 1.86. The van der Waals surface area contributed by atoms with Crippen LogP contribution in [0.15, 0.2) is 72.8 Å². The summed E-state index contributed by atoms with van der Waals surface area (Å²) in [5.74, 6) is -1.90. The van der Waals surface area contributed by atoms with Gasteiger partial charge >= 0.3 is 0 Å². The van der Waals surface area contributed by atoms with Gasteiger partial charge in [-0.15, -0.1) is 0 Å². The van der Waals surface area contributed by atoms with Gasteiger partial charge in [-0.3, -0.25) is 4.79 Å². The first-order valence-electron chi connectivity index (χ1n) is 11.7. The van der Waals surface area contributed by atoms with E-state index in [9.17, 15) is 18.0 Å². The third-order valence-electron chi connectivity index (χ3n) is 6.07. The molecule has 0 atom stereocenters. The number of fused-ring (bicyclic) bond motifs is 1. The minimum atomic E-state index is -0.929. The molecule has 0 unspecified atom stereocenters. The van der Waals surface area contributed by atoms with Crippen LogP contribution in [-0.2, 0) is 19.5 Å². The molecule has 9 heteroatoms. The van der Waals surface area contributed by atoms with Crippen LogP contribution >= 0.6 is 0 Å². The highest BCUT2D eigenvalue weighted by atomic mass is 19.1. The minimum absolute atomic E-state index is 0.0539. The normalized spacial score (nSPS) is 12.7. The van der Waals surface area contributed by atoms with E-state index in [-0.39, 0.29) is 30.3 Å². The molecule has 1 amide bonds. The van der Waals surface area contributed by atoms with Crippen molar-refractivity contribution in [3.8, 4) is 11.6 Å². The second kappa shape index (κ2) is 10.3. The maximum absolute atomic E-state index is 14.3. The number of nitrogens with zero attached hydrogens (tertiary/aromatic N) is 4. The summed E-state index contributed by atoms with van der Waals surface area (Å²) in [4.78, 5) is 25.7. The summed E-state index contributed by atoms with van der Waals surface area (Å²) < 4.78 is 47.5. The molecule has 1 aliphatic heterocycles. The third-order valence-corrected chi connectivity index (χ3v) is 6.07. The van der Waals surface area contributed by atoms with Crippen LogP contribution < -0.4 is 9.64 Å². The molecule has 0 saturated carbocycles. The molecule has 0 aliphatic carbocycles. The Morgan fingerprint density at radius 1 is 0.973 bits per heavy atom. The van der Waals surface area contributed by atoms with Gasteiger partial charge in [-0.2, -0.15) is 4.98 Å². The Balaban J connectivity index is 1.48. The van der Waals surface area contributed by atoms with Crippen LogP contribution in [-0.4, -0.2) is 34.4 Å². The molecule has 5 rings (SSSR count). The second-order valence-electron chi connectivity index (χ2n) is 8.76. The molecular weight excluding hydrogens is 481 g/mol. The first-order valence-corrected chi connectivity index (χ1v) is 11.7. The fourth-order valence-electron chi connectivity index (χ4n) is 4.20. The quantitative estimate of drug-likeness (QED) is 0.346. The molecule has 1 aromatic heterocycles. The maximum Gasteiger partial charge on any atom is 0.257 e. The Kier molecular flexibility index (Phi) is 6.76. The van der Waals surface area contributed by atoms with E-state index in [0.717, 1.165) is 17.7 Å². The van der Waals surface area contributed by atoms with Gasteiger partial charge < -0.3 is 14.5 Å². The predicted octanol–water partition coefficient (Wildman–Crippen LogP) is 5.52.